The zero-order chi connectivity index (χ0) is 13.8. The van der Waals surface area contributed by atoms with Crippen LogP contribution in [0.3, 0.4) is 0 Å². The molecule has 0 saturated heterocycles. The van der Waals surface area contributed by atoms with Crippen LogP contribution < -0.4 is 5.32 Å². The van der Waals surface area contributed by atoms with Gasteiger partial charge in [0.2, 0.25) is 0 Å². The molecule has 1 unspecified atom stereocenters. The van der Waals surface area contributed by atoms with Crippen molar-refractivity contribution in [2.75, 3.05) is 25.5 Å². The van der Waals surface area contributed by atoms with Crippen LogP contribution in [-0.2, 0) is 0 Å². The van der Waals surface area contributed by atoms with Crippen LogP contribution in [0.1, 0.15) is 20.3 Å². The molecule has 0 bridgehead atoms. The largest absolute Gasteiger partial charge is 0.369 e. The van der Waals surface area contributed by atoms with Gasteiger partial charge in [-0.25, -0.2) is 0 Å². The van der Waals surface area contributed by atoms with Crippen LogP contribution in [-0.4, -0.2) is 50.7 Å². The Labute approximate surface area is 117 Å². The Kier molecular flexibility index (Phi) is 4.55. The highest BCUT2D eigenvalue weighted by Gasteiger charge is 2.08. The van der Waals surface area contributed by atoms with Crippen LogP contribution >= 0.6 is 11.6 Å². The second-order valence-electron chi connectivity index (χ2n) is 4.60. The van der Waals surface area contributed by atoms with E-state index in [-0.39, 0.29) is 0 Å². The number of rotatable bonds is 6. The van der Waals surface area contributed by atoms with E-state index in [1.165, 1.54) is 6.33 Å². The Morgan fingerprint density at radius 3 is 3.05 bits per heavy atom. The molecule has 0 spiro atoms. The van der Waals surface area contributed by atoms with Gasteiger partial charge in [-0.1, -0.05) is 18.5 Å². The lowest BCUT2D eigenvalue weighted by Gasteiger charge is -2.23. The Morgan fingerprint density at radius 2 is 2.32 bits per heavy atom. The molecule has 0 aromatic carbocycles. The fourth-order valence-electron chi connectivity index (χ4n) is 1.80. The summed E-state index contributed by atoms with van der Waals surface area (Å²) in [5.74, 6) is 1.32. The van der Waals surface area contributed by atoms with Gasteiger partial charge in [0.15, 0.2) is 0 Å². The summed E-state index contributed by atoms with van der Waals surface area (Å²) >= 11 is 5.95. The standard InChI is InChI=1S/C12H19ClN6/c1-4-9(2)18(3)6-5-14-11-7-10(13)17-12-15-8-16-19(11)12/h7-9,14H,4-6H2,1-3H3. The van der Waals surface area contributed by atoms with Crippen LogP contribution in [0.25, 0.3) is 5.78 Å². The first kappa shape index (κ1) is 14.0. The second-order valence-corrected chi connectivity index (χ2v) is 4.99. The summed E-state index contributed by atoms with van der Waals surface area (Å²) < 4.78 is 1.65. The van der Waals surface area contributed by atoms with Crippen molar-refractivity contribution in [3.05, 3.63) is 17.5 Å². The minimum atomic E-state index is 0.415. The van der Waals surface area contributed by atoms with Crippen LogP contribution in [0.4, 0.5) is 5.82 Å². The first-order valence-electron chi connectivity index (χ1n) is 6.42. The fraction of sp³-hybridized carbons (Fsp3) is 0.583. The van der Waals surface area contributed by atoms with Crippen molar-refractivity contribution >= 4 is 23.2 Å². The third-order valence-corrected chi connectivity index (χ3v) is 3.53. The lowest BCUT2D eigenvalue weighted by Crippen LogP contribution is -2.32. The topological polar surface area (TPSA) is 58.3 Å². The molecule has 7 heteroatoms. The van der Waals surface area contributed by atoms with E-state index in [0.717, 1.165) is 25.3 Å². The minimum Gasteiger partial charge on any atom is -0.369 e. The lowest BCUT2D eigenvalue weighted by molar-refractivity contribution is 0.261. The average molecular weight is 283 g/mol. The highest BCUT2D eigenvalue weighted by molar-refractivity contribution is 6.29. The van der Waals surface area contributed by atoms with Gasteiger partial charge in [-0.2, -0.15) is 19.6 Å². The summed E-state index contributed by atoms with van der Waals surface area (Å²) in [5.41, 5.74) is 0. The van der Waals surface area contributed by atoms with Crippen molar-refractivity contribution in [2.45, 2.75) is 26.3 Å². The van der Waals surface area contributed by atoms with Gasteiger partial charge in [0, 0.05) is 25.2 Å². The molecular weight excluding hydrogens is 264 g/mol. The zero-order valence-corrected chi connectivity index (χ0v) is 12.2. The van der Waals surface area contributed by atoms with Gasteiger partial charge in [0.25, 0.3) is 5.78 Å². The van der Waals surface area contributed by atoms with E-state index in [9.17, 15) is 0 Å². The van der Waals surface area contributed by atoms with Gasteiger partial charge < -0.3 is 10.2 Å². The maximum Gasteiger partial charge on any atom is 0.255 e. The van der Waals surface area contributed by atoms with E-state index in [0.29, 0.717) is 17.0 Å². The quantitative estimate of drug-likeness (QED) is 0.821. The molecule has 1 atom stereocenters. The number of hydrogen-bond acceptors (Lipinski definition) is 5. The zero-order valence-electron chi connectivity index (χ0n) is 11.5. The molecule has 0 aliphatic carbocycles. The second kappa shape index (κ2) is 6.16. The molecule has 2 aromatic rings. The summed E-state index contributed by atoms with van der Waals surface area (Å²) in [6.07, 6.45) is 2.61. The van der Waals surface area contributed by atoms with Gasteiger partial charge in [-0.3, -0.25) is 0 Å². The number of nitrogens with zero attached hydrogens (tertiary/aromatic N) is 5. The Bertz CT molecular complexity index is 540. The smallest absolute Gasteiger partial charge is 0.255 e. The van der Waals surface area contributed by atoms with Crippen LogP contribution in [0.15, 0.2) is 12.4 Å². The molecule has 2 rings (SSSR count). The molecule has 6 nitrogen and oxygen atoms in total. The summed E-state index contributed by atoms with van der Waals surface area (Å²) in [4.78, 5) is 10.4. The number of aromatic nitrogens is 4. The average Bonchev–Trinajstić information content (AvgIpc) is 2.85. The number of likely N-dealkylation sites (N-methyl/N-ethyl adjacent to an activating group) is 1. The molecule has 1 N–H and O–H groups in total. The van der Waals surface area contributed by atoms with Gasteiger partial charge >= 0.3 is 0 Å². The van der Waals surface area contributed by atoms with Crippen molar-refractivity contribution in [3.8, 4) is 0 Å². The van der Waals surface area contributed by atoms with Crippen molar-refractivity contribution in [3.63, 3.8) is 0 Å². The molecule has 2 aromatic heterocycles. The number of hydrogen-bond donors (Lipinski definition) is 1. The van der Waals surface area contributed by atoms with E-state index in [1.54, 1.807) is 10.6 Å². The molecule has 0 aliphatic rings. The first-order valence-corrected chi connectivity index (χ1v) is 6.80. The normalized spacial score (nSPS) is 13.1. The van der Waals surface area contributed by atoms with E-state index >= 15 is 0 Å². The van der Waals surface area contributed by atoms with Gasteiger partial charge in [-0.05, 0) is 20.4 Å². The molecule has 0 aliphatic heterocycles. The Hall–Kier alpha value is -1.40. The SMILES string of the molecule is CCC(C)N(C)CCNc1cc(Cl)nc2ncnn12. The van der Waals surface area contributed by atoms with Gasteiger partial charge in [-0.15, -0.1) is 0 Å². The highest BCUT2D eigenvalue weighted by atomic mass is 35.5. The van der Waals surface area contributed by atoms with Crippen LogP contribution in [0, 0.1) is 0 Å². The molecule has 19 heavy (non-hydrogen) atoms. The van der Waals surface area contributed by atoms with E-state index < -0.39 is 0 Å². The monoisotopic (exact) mass is 282 g/mol. The summed E-state index contributed by atoms with van der Waals surface area (Å²) in [7, 11) is 2.13. The highest BCUT2D eigenvalue weighted by Crippen LogP contribution is 2.14. The summed E-state index contributed by atoms with van der Waals surface area (Å²) in [6.45, 7) is 6.18. The number of halogens is 1. The van der Waals surface area contributed by atoms with E-state index in [1.807, 2.05) is 0 Å². The van der Waals surface area contributed by atoms with E-state index in [4.69, 9.17) is 11.6 Å². The Morgan fingerprint density at radius 1 is 1.53 bits per heavy atom. The maximum absolute atomic E-state index is 5.95. The van der Waals surface area contributed by atoms with Crippen LogP contribution in [0.2, 0.25) is 5.15 Å². The predicted octanol–water partition coefficient (Wildman–Crippen LogP) is 1.92. The molecule has 0 amide bonds. The van der Waals surface area contributed by atoms with Crippen molar-refractivity contribution in [1.82, 2.24) is 24.5 Å². The molecule has 2 heterocycles. The molecule has 0 radical (unpaired) electrons. The minimum absolute atomic E-state index is 0.415. The number of nitrogens with one attached hydrogen (secondary N) is 1. The predicted molar refractivity (Wildman–Crippen MR) is 76.7 cm³/mol. The van der Waals surface area contributed by atoms with Crippen molar-refractivity contribution < 1.29 is 0 Å². The Balaban J connectivity index is 2.00. The maximum atomic E-state index is 5.95. The van der Waals surface area contributed by atoms with Gasteiger partial charge in [0.05, 0.1) is 0 Å². The third-order valence-electron chi connectivity index (χ3n) is 3.33. The molecule has 0 fully saturated rings. The number of anilines is 1. The molecular formula is C12H19ClN6. The summed E-state index contributed by atoms with van der Waals surface area (Å²) in [5, 5.41) is 7.85. The fourth-order valence-corrected chi connectivity index (χ4v) is 1.98. The first-order chi connectivity index (χ1) is 9.11. The summed E-state index contributed by atoms with van der Waals surface area (Å²) in [6, 6.07) is 2.33. The van der Waals surface area contributed by atoms with Gasteiger partial charge in [0.1, 0.15) is 17.3 Å². The molecule has 0 saturated carbocycles. The van der Waals surface area contributed by atoms with E-state index in [2.05, 4.69) is 46.2 Å². The van der Waals surface area contributed by atoms with Crippen molar-refractivity contribution in [1.29, 1.82) is 0 Å². The third kappa shape index (κ3) is 3.33. The van der Waals surface area contributed by atoms with Crippen LogP contribution in [0.5, 0.6) is 0 Å². The van der Waals surface area contributed by atoms with Crippen molar-refractivity contribution in [2.24, 2.45) is 0 Å². The number of fused-ring (bicyclic) bond motifs is 1. The molecule has 104 valence electrons. The lowest BCUT2D eigenvalue weighted by atomic mass is 10.2.